The fraction of sp³-hybridized carbons (Fsp3) is 0. The van der Waals surface area contributed by atoms with Gasteiger partial charge in [-0.15, -0.1) is 10.2 Å². The molecule has 5 nitrogen and oxygen atoms in total. The monoisotopic (exact) mass is 211 g/mol. The highest BCUT2D eigenvalue weighted by molar-refractivity contribution is 8.01. The van der Waals surface area contributed by atoms with E-state index in [1.165, 1.54) is 23.1 Å². The predicted octanol–water partition coefficient (Wildman–Crippen LogP) is 1.06. The lowest BCUT2D eigenvalue weighted by molar-refractivity contribution is 1.00. The third-order valence-corrected chi connectivity index (χ3v) is 3.00. The van der Waals surface area contributed by atoms with Crippen LogP contribution in [0.3, 0.4) is 0 Å². The summed E-state index contributed by atoms with van der Waals surface area (Å²) in [5.41, 5.74) is 7.26. The maximum Gasteiger partial charge on any atom is 0.180 e. The molecule has 0 aliphatic rings. The van der Waals surface area contributed by atoms with Crippen molar-refractivity contribution in [3.05, 3.63) is 17.9 Å². The molecule has 0 atom stereocenters. The second kappa shape index (κ2) is 3.67. The van der Waals surface area contributed by atoms with Gasteiger partial charge in [-0.2, -0.15) is 0 Å². The van der Waals surface area contributed by atoms with Crippen molar-refractivity contribution in [1.29, 1.82) is 0 Å². The molecule has 2 aromatic heterocycles. The summed E-state index contributed by atoms with van der Waals surface area (Å²) in [6.45, 7) is 0. The van der Waals surface area contributed by atoms with E-state index in [4.69, 9.17) is 5.73 Å². The lowest BCUT2D eigenvalue weighted by atomic mass is 10.7. The van der Waals surface area contributed by atoms with Gasteiger partial charge in [0.1, 0.15) is 10.5 Å². The van der Waals surface area contributed by atoms with Crippen molar-refractivity contribution >= 4 is 28.9 Å². The molecule has 0 saturated carbocycles. The van der Waals surface area contributed by atoms with E-state index >= 15 is 0 Å². The minimum Gasteiger partial charge on any atom is -0.381 e. The van der Waals surface area contributed by atoms with Crippen LogP contribution in [0.15, 0.2) is 27.3 Å². The Hall–Kier alpha value is -1.21. The number of rotatable bonds is 2. The van der Waals surface area contributed by atoms with E-state index in [0.29, 0.717) is 10.8 Å². The molecule has 2 heterocycles. The number of nitrogens with zero attached hydrogens (tertiary/aromatic N) is 4. The molecule has 0 radical (unpaired) electrons. The summed E-state index contributed by atoms with van der Waals surface area (Å²) in [5.74, 6) is 0.419. The third-order valence-electron chi connectivity index (χ3n) is 1.22. The van der Waals surface area contributed by atoms with Crippen LogP contribution in [0.25, 0.3) is 0 Å². The van der Waals surface area contributed by atoms with Crippen LogP contribution in [-0.4, -0.2) is 20.2 Å². The van der Waals surface area contributed by atoms with Crippen LogP contribution in [0.5, 0.6) is 0 Å². The number of nitrogens with two attached hydrogens (primary N) is 1. The molecular formula is C6H5N5S2. The lowest BCUT2D eigenvalue weighted by Gasteiger charge is -1.97. The molecular weight excluding hydrogens is 206 g/mol. The zero-order chi connectivity index (χ0) is 9.10. The van der Waals surface area contributed by atoms with Crippen LogP contribution in [0, 0.1) is 0 Å². The first-order valence-electron chi connectivity index (χ1n) is 3.37. The Labute approximate surface area is 82.4 Å². The molecule has 0 unspecified atom stereocenters. The highest BCUT2D eigenvalue weighted by atomic mass is 32.2. The molecule has 0 spiro atoms. The topological polar surface area (TPSA) is 77.6 Å². The van der Waals surface area contributed by atoms with Crippen molar-refractivity contribution in [2.24, 2.45) is 0 Å². The lowest BCUT2D eigenvalue weighted by Crippen LogP contribution is -1.94. The van der Waals surface area contributed by atoms with Crippen LogP contribution in [0.1, 0.15) is 0 Å². The molecule has 2 aromatic rings. The van der Waals surface area contributed by atoms with E-state index < -0.39 is 0 Å². The van der Waals surface area contributed by atoms with Crippen LogP contribution in [-0.2, 0) is 0 Å². The van der Waals surface area contributed by atoms with Gasteiger partial charge in [0.2, 0.25) is 0 Å². The largest absolute Gasteiger partial charge is 0.381 e. The average Bonchev–Trinajstić information content (AvgIpc) is 2.61. The Morgan fingerprint density at radius 2 is 2.15 bits per heavy atom. The van der Waals surface area contributed by atoms with E-state index in [-0.39, 0.29) is 0 Å². The van der Waals surface area contributed by atoms with Crippen molar-refractivity contribution < 1.29 is 0 Å². The number of anilines is 1. The average molecular weight is 211 g/mol. The molecule has 0 bridgehead atoms. The highest BCUT2D eigenvalue weighted by Crippen LogP contribution is 2.29. The van der Waals surface area contributed by atoms with E-state index in [0.717, 1.165) is 4.34 Å². The van der Waals surface area contributed by atoms with Crippen LogP contribution in [0.2, 0.25) is 0 Å². The fourth-order valence-corrected chi connectivity index (χ4v) is 2.07. The normalized spacial score (nSPS) is 10.2. The van der Waals surface area contributed by atoms with Gasteiger partial charge in [0.15, 0.2) is 10.2 Å². The van der Waals surface area contributed by atoms with Crippen molar-refractivity contribution in [1.82, 2.24) is 20.2 Å². The molecule has 66 valence electrons. The minimum atomic E-state index is 0.419. The summed E-state index contributed by atoms with van der Waals surface area (Å²) in [7, 11) is 0. The zero-order valence-electron chi connectivity index (χ0n) is 6.41. The number of hydrogen-bond donors (Lipinski definition) is 1. The summed E-state index contributed by atoms with van der Waals surface area (Å²) < 4.78 is 0.812. The van der Waals surface area contributed by atoms with Crippen molar-refractivity contribution in [2.75, 3.05) is 5.73 Å². The zero-order valence-corrected chi connectivity index (χ0v) is 8.05. The summed E-state index contributed by atoms with van der Waals surface area (Å²) >= 11 is 2.81. The summed E-state index contributed by atoms with van der Waals surface area (Å²) in [5, 5.41) is 8.23. The van der Waals surface area contributed by atoms with Gasteiger partial charge >= 0.3 is 0 Å². The van der Waals surface area contributed by atoms with Gasteiger partial charge < -0.3 is 5.73 Å². The maximum atomic E-state index is 5.60. The number of aromatic nitrogens is 4. The second-order valence-electron chi connectivity index (χ2n) is 2.05. The van der Waals surface area contributed by atoms with Crippen molar-refractivity contribution in [2.45, 2.75) is 9.37 Å². The van der Waals surface area contributed by atoms with E-state index in [1.807, 2.05) is 0 Å². The summed E-state index contributed by atoms with van der Waals surface area (Å²) in [6.07, 6.45) is 3.15. The standard InChI is InChI=1S/C6H5N5S2/c7-4-5(9-2-1-8-4)13-6-11-10-3-12-6/h1-3H,(H2,7,8). The molecule has 0 amide bonds. The van der Waals surface area contributed by atoms with Gasteiger partial charge in [-0.05, 0) is 11.8 Å². The maximum absolute atomic E-state index is 5.60. The molecule has 0 aliphatic heterocycles. The quantitative estimate of drug-likeness (QED) is 0.800. The van der Waals surface area contributed by atoms with Gasteiger partial charge in [0.05, 0.1) is 0 Å². The predicted molar refractivity (Wildman–Crippen MR) is 50.5 cm³/mol. The molecule has 0 aliphatic carbocycles. The van der Waals surface area contributed by atoms with Crippen LogP contribution < -0.4 is 5.73 Å². The van der Waals surface area contributed by atoms with E-state index in [9.17, 15) is 0 Å². The van der Waals surface area contributed by atoms with E-state index in [1.54, 1.807) is 17.9 Å². The SMILES string of the molecule is Nc1nccnc1Sc1nncs1. The first-order valence-corrected chi connectivity index (χ1v) is 5.06. The molecule has 0 fully saturated rings. The molecule has 13 heavy (non-hydrogen) atoms. The van der Waals surface area contributed by atoms with Gasteiger partial charge in [-0.3, -0.25) is 0 Å². The van der Waals surface area contributed by atoms with Crippen LogP contribution in [0.4, 0.5) is 5.82 Å². The fourth-order valence-electron chi connectivity index (χ4n) is 0.705. The number of nitrogen functional groups attached to an aromatic ring is 1. The van der Waals surface area contributed by atoms with Gasteiger partial charge in [-0.25, -0.2) is 9.97 Å². The van der Waals surface area contributed by atoms with Gasteiger partial charge in [0, 0.05) is 12.4 Å². The highest BCUT2D eigenvalue weighted by Gasteiger charge is 2.05. The van der Waals surface area contributed by atoms with Gasteiger partial charge in [-0.1, -0.05) is 11.3 Å². The second-order valence-corrected chi connectivity index (χ2v) is 4.12. The first-order chi connectivity index (χ1) is 6.36. The molecule has 2 N–H and O–H groups in total. The molecule has 2 rings (SSSR count). The Kier molecular flexibility index (Phi) is 2.37. The Balaban J connectivity index is 2.24. The molecule has 0 saturated heterocycles. The summed E-state index contributed by atoms with van der Waals surface area (Å²) in [6, 6.07) is 0. The Bertz CT molecular complexity index is 388. The van der Waals surface area contributed by atoms with Crippen molar-refractivity contribution in [3.8, 4) is 0 Å². The van der Waals surface area contributed by atoms with Gasteiger partial charge in [0.25, 0.3) is 0 Å². The number of hydrogen-bond acceptors (Lipinski definition) is 7. The molecule has 7 heteroatoms. The third kappa shape index (κ3) is 1.93. The Morgan fingerprint density at radius 3 is 2.85 bits per heavy atom. The Morgan fingerprint density at radius 1 is 1.31 bits per heavy atom. The minimum absolute atomic E-state index is 0.419. The van der Waals surface area contributed by atoms with E-state index in [2.05, 4.69) is 20.2 Å². The van der Waals surface area contributed by atoms with Crippen LogP contribution >= 0.6 is 23.1 Å². The summed E-state index contributed by atoms with van der Waals surface area (Å²) in [4.78, 5) is 7.98. The first kappa shape index (κ1) is 8.39. The molecule has 0 aromatic carbocycles. The smallest absolute Gasteiger partial charge is 0.180 e. The van der Waals surface area contributed by atoms with Crippen molar-refractivity contribution in [3.63, 3.8) is 0 Å².